The number of piperazine rings is 1. The zero-order chi connectivity index (χ0) is 23.4. The first-order chi connectivity index (χ1) is 15.9. The van der Waals surface area contributed by atoms with E-state index in [0.717, 1.165) is 55.0 Å². The summed E-state index contributed by atoms with van der Waals surface area (Å²) in [6, 6.07) is 14.8. The van der Waals surface area contributed by atoms with E-state index in [1.54, 1.807) is 6.07 Å². The quantitative estimate of drug-likeness (QED) is 0.486. The molecule has 2 heterocycles. The van der Waals surface area contributed by atoms with Crippen molar-refractivity contribution in [1.29, 1.82) is 0 Å². The fourth-order valence-corrected chi connectivity index (χ4v) is 4.21. The van der Waals surface area contributed by atoms with Gasteiger partial charge < -0.3 is 16.2 Å². The van der Waals surface area contributed by atoms with Gasteiger partial charge in [0, 0.05) is 43.7 Å². The van der Waals surface area contributed by atoms with Crippen LogP contribution in [0.15, 0.2) is 48.5 Å². The van der Waals surface area contributed by atoms with E-state index in [2.05, 4.69) is 15.1 Å². The largest absolute Gasteiger partial charge is 0.508 e. The Hall–Kier alpha value is -3.23. The second-order valence-electron chi connectivity index (χ2n) is 8.95. The number of rotatable bonds is 8. The standard InChI is InChI=1S/C25H32N6O2/c1-17(2)23(24(26)33)29-25-19-8-4-5-9-20(19)27-22(28-25)16-31-13-11-30(12-14-31)15-18-7-3-6-10-21(18)32/h3-10,17,23,32H,11-16H2,1-2H3,(H2,26,33)(H,27,28,29). The third-order valence-corrected chi connectivity index (χ3v) is 6.13. The smallest absolute Gasteiger partial charge is 0.240 e. The Balaban J connectivity index is 1.46. The summed E-state index contributed by atoms with van der Waals surface area (Å²) in [5.41, 5.74) is 7.42. The second-order valence-corrected chi connectivity index (χ2v) is 8.95. The number of nitrogens with one attached hydrogen (secondary N) is 1. The molecule has 3 aromatic rings. The Labute approximate surface area is 194 Å². The van der Waals surface area contributed by atoms with Gasteiger partial charge in [0.1, 0.15) is 23.4 Å². The van der Waals surface area contributed by atoms with Gasteiger partial charge in [-0.2, -0.15) is 0 Å². The fourth-order valence-electron chi connectivity index (χ4n) is 4.21. The lowest BCUT2D eigenvalue weighted by Crippen LogP contribution is -2.45. The SMILES string of the molecule is CC(C)C(Nc1nc(CN2CCN(Cc3ccccc3O)CC2)nc2ccccc12)C(N)=O. The van der Waals surface area contributed by atoms with Crippen LogP contribution >= 0.6 is 0 Å². The van der Waals surface area contributed by atoms with Crippen molar-refractivity contribution in [2.24, 2.45) is 11.7 Å². The lowest BCUT2D eigenvalue weighted by atomic mass is 10.0. The van der Waals surface area contributed by atoms with E-state index in [1.807, 2.05) is 56.3 Å². The van der Waals surface area contributed by atoms with Gasteiger partial charge in [0.25, 0.3) is 0 Å². The van der Waals surface area contributed by atoms with E-state index in [4.69, 9.17) is 15.7 Å². The number of hydrogen-bond donors (Lipinski definition) is 3. The molecule has 8 heteroatoms. The zero-order valence-electron chi connectivity index (χ0n) is 19.2. The minimum Gasteiger partial charge on any atom is -0.508 e. The summed E-state index contributed by atoms with van der Waals surface area (Å²) in [7, 11) is 0. The number of anilines is 1. The molecule has 2 aromatic carbocycles. The number of benzene rings is 2. The van der Waals surface area contributed by atoms with Gasteiger partial charge >= 0.3 is 0 Å². The van der Waals surface area contributed by atoms with E-state index in [9.17, 15) is 9.90 Å². The maximum absolute atomic E-state index is 12.0. The normalized spacial score (nSPS) is 16.2. The monoisotopic (exact) mass is 448 g/mol. The van der Waals surface area contributed by atoms with Crippen LogP contribution in [0, 0.1) is 5.92 Å². The number of amides is 1. The molecule has 1 aromatic heterocycles. The first kappa shape index (κ1) is 22.9. The highest BCUT2D eigenvalue weighted by molar-refractivity contribution is 5.91. The number of phenolic OH excluding ortho intramolecular Hbond substituents is 1. The van der Waals surface area contributed by atoms with E-state index in [1.165, 1.54) is 0 Å². The van der Waals surface area contributed by atoms with E-state index < -0.39 is 11.9 Å². The third kappa shape index (κ3) is 5.58. The van der Waals surface area contributed by atoms with E-state index in [0.29, 0.717) is 18.1 Å². The predicted molar refractivity (Wildman–Crippen MR) is 130 cm³/mol. The molecule has 0 radical (unpaired) electrons. The van der Waals surface area contributed by atoms with Crippen LogP contribution in [-0.4, -0.2) is 63.0 Å². The predicted octanol–water partition coefficient (Wildman–Crippen LogP) is 2.57. The molecule has 8 nitrogen and oxygen atoms in total. The van der Waals surface area contributed by atoms with Crippen LogP contribution in [0.3, 0.4) is 0 Å². The van der Waals surface area contributed by atoms with Gasteiger partial charge in [0.05, 0.1) is 12.1 Å². The molecule has 33 heavy (non-hydrogen) atoms. The van der Waals surface area contributed by atoms with E-state index >= 15 is 0 Å². The number of aromatic hydroxyl groups is 1. The minimum absolute atomic E-state index is 0.0387. The molecule has 1 atom stereocenters. The molecule has 0 aliphatic carbocycles. The van der Waals surface area contributed by atoms with Crippen LogP contribution < -0.4 is 11.1 Å². The van der Waals surface area contributed by atoms with Crippen molar-refractivity contribution >= 4 is 22.6 Å². The van der Waals surface area contributed by atoms with Gasteiger partial charge in [0.15, 0.2) is 0 Å². The van der Waals surface area contributed by atoms with Gasteiger partial charge in [-0.3, -0.25) is 14.6 Å². The van der Waals surface area contributed by atoms with Gasteiger partial charge in [-0.1, -0.05) is 44.2 Å². The molecule has 4 rings (SSSR count). The van der Waals surface area contributed by atoms with Crippen LogP contribution in [0.25, 0.3) is 10.9 Å². The highest BCUT2D eigenvalue weighted by Crippen LogP contribution is 2.23. The molecule has 1 aliphatic heterocycles. The number of nitrogens with two attached hydrogens (primary N) is 1. The van der Waals surface area contributed by atoms with Crippen LogP contribution in [-0.2, 0) is 17.9 Å². The average molecular weight is 449 g/mol. The molecular weight excluding hydrogens is 416 g/mol. The molecule has 0 spiro atoms. The number of nitrogens with zero attached hydrogens (tertiary/aromatic N) is 4. The van der Waals surface area contributed by atoms with Crippen LogP contribution in [0.1, 0.15) is 25.2 Å². The van der Waals surface area contributed by atoms with Crippen molar-refractivity contribution in [3.63, 3.8) is 0 Å². The number of aromatic nitrogens is 2. The van der Waals surface area contributed by atoms with Crippen molar-refractivity contribution < 1.29 is 9.90 Å². The first-order valence-electron chi connectivity index (χ1n) is 11.4. The van der Waals surface area contributed by atoms with Crippen molar-refractivity contribution in [3.05, 3.63) is 59.9 Å². The Kier molecular flexibility index (Phi) is 7.05. The topological polar surface area (TPSA) is 108 Å². The molecule has 0 saturated carbocycles. The molecular formula is C25H32N6O2. The number of carbonyl (C=O) groups excluding carboxylic acids is 1. The van der Waals surface area contributed by atoms with Crippen LogP contribution in [0.4, 0.5) is 5.82 Å². The van der Waals surface area contributed by atoms with Crippen molar-refractivity contribution in [2.75, 3.05) is 31.5 Å². The summed E-state index contributed by atoms with van der Waals surface area (Å²) < 4.78 is 0. The molecule has 4 N–H and O–H groups in total. The maximum atomic E-state index is 12.0. The fraction of sp³-hybridized carbons (Fsp3) is 0.400. The number of para-hydroxylation sites is 2. The Morgan fingerprint density at radius 3 is 2.30 bits per heavy atom. The summed E-state index contributed by atoms with van der Waals surface area (Å²) in [4.78, 5) is 26.2. The number of carbonyl (C=O) groups is 1. The van der Waals surface area contributed by atoms with Crippen LogP contribution in [0.5, 0.6) is 5.75 Å². The molecule has 1 amide bonds. The number of phenols is 1. The molecule has 1 saturated heterocycles. The zero-order valence-corrected chi connectivity index (χ0v) is 19.2. The van der Waals surface area contributed by atoms with Gasteiger partial charge in [-0.05, 0) is 24.1 Å². The molecule has 1 fully saturated rings. The Morgan fingerprint density at radius 2 is 1.64 bits per heavy atom. The van der Waals surface area contributed by atoms with Crippen molar-refractivity contribution in [2.45, 2.75) is 33.0 Å². The molecule has 1 unspecified atom stereocenters. The van der Waals surface area contributed by atoms with Crippen molar-refractivity contribution in [3.8, 4) is 5.75 Å². The van der Waals surface area contributed by atoms with Gasteiger partial charge in [-0.15, -0.1) is 0 Å². The molecule has 174 valence electrons. The highest BCUT2D eigenvalue weighted by Gasteiger charge is 2.23. The number of primary amides is 1. The lowest BCUT2D eigenvalue weighted by molar-refractivity contribution is -0.119. The lowest BCUT2D eigenvalue weighted by Gasteiger charge is -2.34. The molecule has 1 aliphatic rings. The average Bonchev–Trinajstić information content (AvgIpc) is 2.79. The van der Waals surface area contributed by atoms with E-state index in [-0.39, 0.29) is 5.92 Å². The van der Waals surface area contributed by atoms with Gasteiger partial charge in [0.2, 0.25) is 5.91 Å². The van der Waals surface area contributed by atoms with Crippen LogP contribution in [0.2, 0.25) is 0 Å². The number of hydrogen-bond acceptors (Lipinski definition) is 7. The Morgan fingerprint density at radius 1 is 1.00 bits per heavy atom. The Bertz CT molecular complexity index is 1110. The van der Waals surface area contributed by atoms with Gasteiger partial charge in [-0.25, -0.2) is 9.97 Å². The first-order valence-corrected chi connectivity index (χ1v) is 11.4. The van der Waals surface area contributed by atoms with Crippen molar-refractivity contribution in [1.82, 2.24) is 19.8 Å². The highest BCUT2D eigenvalue weighted by atomic mass is 16.3. The summed E-state index contributed by atoms with van der Waals surface area (Å²) in [6.45, 7) is 8.89. The summed E-state index contributed by atoms with van der Waals surface area (Å²) >= 11 is 0. The maximum Gasteiger partial charge on any atom is 0.240 e. The second kappa shape index (κ2) is 10.1. The minimum atomic E-state index is -0.505. The summed E-state index contributed by atoms with van der Waals surface area (Å²) in [5, 5.41) is 14.2. The number of fused-ring (bicyclic) bond motifs is 1. The summed E-state index contributed by atoms with van der Waals surface area (Å²) in [6.07, 6.45) is 0. The molecule has 0 bridgehead atoms. The third-order valence-electron chi connectivity index (χ3n) is 6.13. The summed E-state index contributed by atoms with van der Waals surface area (Å²) in [5.74, 6) is 1.36.